The zero-order valence-electron chi connectivity index (χ0n) is 19.3. The van der Waals surface area contributed by atoms with Crippen LogP contribution in [-0.2, 0) is 9.53 Å². The maximum absolute atomic E-state index is 12.2. The van der Waals surface area contributed by atoms with Gasteiger partial charge in [0.1, 0.15) is 24.3 Å². The van der Waals surface area contributed by atoms with Crippen LogP contribution in [0.1, 0.15) is 38.7 Å². The van der Waals surface area contributed by atoms with E-state index < -0.39 is 0 Å². The Kier molecular flexibility index (Phi) is 7.50. The van der Waals surface area contributed by atoms with Crippen molar-refractivity contribution in [2.45, 2.75) is 45.3 Å². The van der Waals surface area contributed by atoms with Gasteiger partial charge in [0.2, 0.25) is 11.9 Å². The second-order valence-corrected chi connectivity index (χ2v) is 8.53. The van der Waals surface area contributed by atoms with Crippen molar-refractivity contribution in [1.29, 1.82) is 5.26 Å². The number of allylic oxidation sites excluding steroid dienone is 2. The van der Waals surface area contributed by atoms with E-state index in [0.717, 1.165) is 18.5 Å². The molecule has 1 fully saturated rings. The summed E-state index contributed by atoms with van der Waals surface area (Å²) >= 11 is 0. The highest BCUT2D eigenvalue weighted by atomic mass is 16.5. The van der Waals surface area contributed by atoms with Crippen LogP contribution in [-0.4, -0.2) is 46.2 Å². The van der Waals surface area contributed by atoms with E-state index in [1.807, 2.05) is 38.1 Å². The van der Waals surface area contributed by atoms with Crippen LogP contribution in [0.3, 0.4) is 0 Å². The number of carbonyl (C=O) groups excluding carboxylic acids is 1. The summed E-state index contributed by atoms with van der Waals surface area (Å²) in [5.74, 6) is 1.21. The molecule has 176 valence electrons. The summed E-state index contributed by atoms with van der Waals surface area (Å²) in [6.07, 6.45) is 9.36. The zero-order chi connectivity index (χ0) is 23.9. The van der Waals surface area contributed by atoms with Crippen LogP contribution >= 0.6 is 0 Å². The molecule has 1 amide bonds. The number of ether oxygens (including phenoxy) is 2. The van der Waals surface area contributed by atoms with Gasteiger partial charge in [-0.05, 0) is 44.5 Å². The predicted octanol–water partition coefficient (Wildman–Crippen LogP) is 3.36. The number of amides is 1. The van der Waals surface area contributed by atoms with Crippen LogP contribution in [0.15, 0.2) is 48.5 Å². The number of nitrogens with one attached hydrogen (secondary N) is 2. The molecule has 2 N–H and O–H groups in total. The molecule has 1 aromatic heterocycles. The highest BCUT2D eigenvalue weighted by Gasteiger charge is 2.19. The van der Waals surface area contributed by atoms with Gasteiger partial charge in [-0.1, -0.05) is 12.2 Å². The predicted molar refractivity (Wildman–Crippen MR) is 127 cm³/mol. The third kappa shape index (κ3) is 5.97. The van der Waals surface area contributed by atoms with Crippen LogP contribution in [0.2, 0.25) is 0 Å². The molecule has 1 atom stereocenters. The van der Waals surface area contributed by atoms with Crippen molar-refractivity contribution >= 4 is 11.9 Å². The van der Waals surface area contributed by atoms with E-state index in [9.17, 15) is 10.1 Å². The molecule has 4 rings (SSSR count). The summed E-state index contributed by atoms with van der Waals surface area (Å²) < 4.78 is 11.4. The summed E-state index contributed by atoms with van der Waals surface area (Å²) in [4.78, 5) is 25.1. The molecule has 2 aromatic rings. The van der Waals surface area contributed by atoms with Gasteiger partial charge < -0.3 is 20.1 Å². The summed E-state index contributed by atoms with van der Waals surface area (Å²) in [6.45, 7) is 5.22. The zero-order valence-corrected chi connectivity index (χ0v) is 19.3. The highest BCUT2D eigenvalue weighted by molar-refractivity contribution is 5.81. The van der Waals surface area contributed by atoms with E-state index in [0.29, 0.717) is 48.3 Å². The number of rotatable bonds is 7. The normalized spacial score (nSPS) is 18.2. The monoisotopic (exact) mass is 460 g/mol. The molecule has 1 aromatic carbocycles. The van der Waals surface area contributed by atoms with Crippen LogP contribution in [0.25, 0.3) is 11.4 Å². The Morgan fingerprint density at radius 1 is 1.26 bits per heavy atom. The van der Waals surface area contributed by atoms with Crippen molar-refractivity contribution in [3.8, 4) is 23.2 Å². The smallest absolute Gasteiger partial charge is 0.230 e. The lowest BCUT2D eigenvalue weighted by molar-refractivity contribution is -0.124. The SMILES string of the molecule is CC(C)NC(=O)C1C=CC(Nc2ncnc(-c3ccc(OC4CCOCC4)c(C#N)c3)n2)=CC1. The lowest BCUT2D eigenvalue weighted by atomic mass is 9.98. The summed E-state index contributed by atoms with van der Waals surface area (Å²) in [5.41, 5.74) is 1.94. The summed E-state index contributed by atoms with van der Waals surface area (Å²) in [7, 11) is 0. The molecule has 0 spiro atoms. The molecule has 0 radical (unpaired) electrons. The average molecular weight is 461 g/mol. The van der Waals surface area contributed by atoms with E-state index in [4.69, 9.17) is 9.47 Å². The minimum atomic E-state index is -0.187. The molecule has 1 saturated heterocycles. The largest absolute Gasteiger partial charge is 0.489 e. The van der Waals surface area contributed by atoms with Crippen molar-refractivity contribution in [3.63, 3.8) is 0 Å². The number of carbonyl (C=O) groups is 1. The first kappa shape index (κ1) is 23.4. The van der Waals surface area contributed by atoms with Crippen molar-refractivity contribution in [1.82, 2.24) is 20.3 Å². The van der Waals surface area contributed by atoms with Gasteiger partial charge in [0.05, 0.1) is 24.7 Å². The Morgan fingerprint density at radius 3 is 2.79 bits per heavy atom. The number of benzene rings is 1. The van der Waals surface area contributed by atoms with E-state index in [1.165, 1.54) is 6.33 Å². The minimum absolute atomic E-state index is 0.0153. The number of nitrogens with zero attached hydrogens (tertiary/aromatic N) is 4. The molecular weight excluding hydrogens is 432 g/mol. The van der Waals surface area contributed by atoms with Crippen LogP contribution < -0.4 is 15.4 Å². The number of anilines is 1. The van der Waals surface area contributed by atoms with Gasteiger partial charge >= 0.3 is 0 Å². The molecule has 0 bridgehead atoms. The van der Waals surface area contributed by atoms with E-state index >= 15 is 0 Å². The Balaban J connectivity index is 1.43. The fourth-order valence-electron chi connectivity index (χ4n) is 3.76. The van der Waals surface area contributed by atoms with Crippen LogP contribution in [0, 0.1) is 17.2 Å². The number of hydrogen-bond acceptors (Lipinski definition) is 8. The Bertz CT molecular complexity index is 1130. The van der Waals surface area contributed by atoms with Gasteiger partial charge in [0.25, 0.3) is 0 Å². The van der Waals surface area contributed by atoms with Crippen molar-refractivity contribution in [3.05, 3.63) is 54.0 Å². The first-order chi connectivity index (χ1) is 16.5. The molecule has 9 heteroatoms. The second kappa shape index (κ2) is 10.9. The standard InChI is InChI=1S/C25H28N6O3/c1-16(2)29-24(32)17-3-6-20(7-4-17)30-25-28-15-27-23(31-25)18-5-8-22(19(13-18)14-26)34-21-9-11-33-12-10-21/h3,5-8,13,15-17,21H,4,9-12H2,1-2H3,(H,29,32)(H,27,28,30,31). The maximum Gasteiger partial charge on any atom is 0.230 e. The van der Waals surface area contributed by atoms with Crippen molar-refractivity contribution < 1.29 is 14.3 Å². The van der Waals surface area contributed by atoms with Gasteiger partial charge in [0.15, 0.2) is 5.82 Å². The van der Waals surface area contributed by atoms with Crippen molar-refractivity contribution in [2.24, 2.45) is 5.92 Å². The van der Waals surface area contributed by atoms with Gasteiger partial charge in [-0.3, -0.25) is 4.79 Å². The molecule has 0 saturated carbocycles. The molecular formula is C25H28N6O3. The van der Waals surface area contributed by atoms with E-state index in [-0.39, 0.29) is 24.0 Å². The van der Waals surface area contributed by atoms with Crippen LogP contribution in [0.4, 0.5) is 5.95 Å². The van der Waals surface area contributed by atoms with Crippen molar-refractivity contribution in [2.75, 3.05) is 18.5 Å². The Hall–Kier alpha value is -3.77. The quantitative estimate of drug-likeness (QED) is 0.645. The van der Waals surface area contributed by atoms with Gasteiger partial charge in [-0.15, -0.1) is 0 Å². The number of hydrogen-bond donors (Lipinski definition) is 2. The first-order valence-electron chi connectivity index (χ1n) is 11.5. The summed E-state index contributed by atoms with van der Waals surface area (Å²) in [6, 6.07) is 7.67. The Labute approximate surface area is 198 Å². The fourth-order valence-corrected chi connectivity index (χ4v) is 3.76. The Morgan fingerprint density at radius 2 is 2.09 bits per heavy atom. The molecule has 2 aliphatic rings. The average Bonchev–Trinajstić information content (AvgIpc) is 2.85. The molecule has 1 aliphatic heterocycles. The minimum Gasteiger partial charge on any atom is -0.489 e. The third-order valence-electron chi connectivity index (χ3n) is 5.52. The topological polar surface area (TPSA) is 122 Å². The molecule has 1 aliphatic carbocycles. The first-order valence-corrected chi connectivity index (χ1v) is 11.5. The second-order valence-electron chi connectivity index (χ2n) is 8.53. The summed E-state index contributed by atoms with van der Waals surface area (Å²) in [5, 5.41) is 15.7. The van der Waals surface area contributed by atoms with Gasteiger partial charge in [-0.2, -0.15) is 10.2 Å². The molecule has 9 nitrogen and oxygen atoms in total. The highest BCUT2D eigenvalue weighted by Crippen LogP contribution is 2.27. The third-order valence-corrected chi connectivity index (χ3v) is 5.52. The van der Waals surface area contributed by atoms with Crippen LogP contribution in [0.5, 0.6) is 5.75 Å². The lowest BCUT2D eigenvalue weighted by Crippen LogP contribution is -2.35. The lowest BCUT2D eigenvalue weighted by Gasteiger charge is -2.23. The fraction of sp³-hybridized carbons (Fsp3) is 0.400. The van der Waals surface area contributed by atoms with E-state index in [2.05, 4.69) is 31.7 Å². The number of nitriles is 1. The molecule has 1 unspecified atom stereocenters. The van der Waals surface area contributed by atoms with E-state index in [1.54, 1.807) is 12.1 Å². The van der Waals surface area contributed by atoms with Gasteiger partial charge in [-0.25, -0.2) is 9.97 Å². The number of aromatic nitrogens is 3. The molecule has 34 heavy (non-hydrogen) atoms. The maximum atomic E-state index is 12.2. The van der Waals surface area contributed by atoms with Gasteiger partial charge in [0, 0.05) is 30.1 Å². The molecule has 2 heterocycles.